The third-order valence-corrected chi connectivity index (χ3v) is 2.87. The van der Waals surface area contributed by atoms with Crippen LogP contribution in [0.2, 0.25) is 0 Å². The summed E-state index contributed by atoms with van der Waals surface area (Å²) < 4.78 is 0. The Morgan fingerprint density at radius 1 is 1.24 bits per heavy atom. The van der Waals surface area contributed by atoms with E-state index in [4.69, 9.17) is 20.4 Å². The van der Waals surface area contributed by atoms with Crippen LogP contribution in [-0.2, 0) is 4.79 Å². The van der Waals surface area contributed by atoms with Crippen LogP contribution in [0, 0.1) is 11.3 Å². The van der Waals surface area contributed by atoms with Crippen molar-refractivity contribution in [1.29, 1.82) is 0 Å². The third-order valence-electron chi connectivity index (χ3n) is 2.87. The smallest absolute Gasteiger partial charge is 0.314 e. The highest BCUT2D eigenvalue weighted by molar-refractivity contribution is 6.01. The van der Waals surface area contributed by atoms with Gasteiger partial charge >= 0.3 is 5.97 Å². The van der Waals surface area contributed by atoms with E-state index >= 15 is 0 Å². The fourth-order valence-corrected chi connectivity index (χ4v) is 1.44. The minimum Gasteiger partial charge on any atom is -0.481 e. The Hall–Kier alpha value is -1.38. The van der Waals surface area contributed by atoms with E-state index in [1.54, 1.807) is 0 Å². The van der Waals surface area contributed by atoms with Crippen molar-refractivity contribution in [1.82, 2.24) is 0 Å². The van der Waals surface area contributed by atoms with E-state index in [2.05, 4.69) is 15.4 Å². The van der Waals surface area contributed by atoms with E-state index < -0.39 is 37.1 Å². The average Bonchev–Trinajstić information content (AvgIpc) is 2.27. The van der Waals surface area contributed by atoms with E-state index in [1.165, 1.54) is 0 Å². The lowest BCUT2D eigenvalue weighted by molar-refractivity contribution is -0.140. The molecule has 0 aromatic rings. The van der Waals surface area contributed by atoms with Crippen LogP contribution in [0.15, 0.2) is 15.4 Å². The maximum absolute atomic E-state index is 10.9. The number of rotatable bonds is 8. The second-order valence-electron chi connectivity index (χ2n) is 4.05. The summed E-state index contributed by atoms with van der Waals surface area (Å²) in [6.07, 6.45) is 0.275. The van der Waals surface area contributed by atoms with Gasteiger partial charge in [-0.2, -0.15) is 0 Å². The molecule has 8 heteroatoms. The van der Waals surface area contributed by atoms with E-state index in [0.717, 1.165) is 0 Å². The van der Waals surface area contributed by atoms with Gasteiger partial charge in [-0.3, -0.25) is 4.79 Å². The van der Waals surface area contributed by atoms with Gasteiger partial charge in [-0.05, 0) is 18.1 Å². The topological polar surface area (TPSA) is 135 Å². The fraction of sp³-hybridized carbons (Fsp3) is 0.778. The molecule has 0 saturated heterocycles. The van der Waals surface area contributed by atoms with Gasteiger partial charge < -0.3 is 20.4 Å². The molecule has 17 heavy (non-hydrogen) atoms. The normalized spacial score (nSPS) is 16.3. The largest absolute Gasteiger partial charge is 0.481 e. The monoisotopic (exact) mass is 245 g/mol. The quantitative estimate of drug-likeness (QED) is 0.444. The number of hydrogen-bond donors (Lipinski definition) is 4. The maximum Gasteiger partial charge on any atom is 0.314 e. The molecule has 0 amide bonds. The van der Waals surface area contributed by atoms with Gasteiger partial charge in [0, 0.05) is 5.41 Å². The number of aliphatic hydroxyl groups excluding tert-OH is 3. The molecule has 0 fully saturated rings. The average molecular weight is 245 g/mol. The van der Waals surface area contributed by atoms with Crippen LogP contribution < -0.4 is 0 Å². The molecule has 1 rings (SSSR count). The SMILES string of the molecule is O=C(O)C(CCC(CO)(CO)CO)C1=NN=N1. The number of amidine groups is 1. The van der Waals surface area contributed by atoms with Gasteiger partial charge in [0.2, 0.25) is 0 Å². The Morgan fingerprint density at radius 3 is 2.06 bits per heavy atom. The van der Waals surface area contributed by atoms with Crippen molar-refractivity contribution in [2.75, 3.05) is 19.8 Å². The summed E-state index contributed by atoms with van der Waals surface area (Å²) in [7, 11) is 0. The molecule has 1 atom stereocenters. The predicted molar refractivity (Wildman–Crippen MR) is 56.3 cm³/mol. The first-order valence-electron chi connectivity index (χ1n) is 5.12. The number of carboxylic acid groups (broad SMARTS) is 1. The summed E-state index contributed by atoms with van der Waals surface area (Å²) in [4.78, 5) is 10.9. The lowest BCUT2D eigenvalue weighted by Crippen LogP contribution is -2.36. The summed E-state index contributed by atoms with van der Waals surface area (Å²) in [6.45, 7) is -1.25. The van der Waals surface area contributed by atoms with Gasteiger partial charge in [0.25, 0.3) is 0 Å². The summed E-state index contributed by atoms with van der Waals surface area (Å²) in [5.41, 5.74) is -1.07. The first kappa shape index (κ1) is 13.7. The van der Waals surface area contributed by atoms with E-state index in [9.17, 15) is 4.79 Å². The van der Waals surface area contributed by atoms with E-state index in [1.807, 2.05) is 0 Å². The molecular weight excluding hydrogens is 230 g/mol. The van der Waals surface area contributed by atoms with E-state index in [-0.39, 0.29) is 18.7 Å². The van der Waals surface area contributed by atoms with Gasteiger partial charge in [-0.25, -0.2) is 0 Å². The Morgan fingerprint density at radius 2 is 1.76 bits per heavy atom. The molecule has 8 nitrogen and oxygen atoms in total. The summed E-state index contributed by atoms with van der Waals surface area (Å²) in [6, 6.07) is 0. The Labute approximate surface area is 97.3 Å². The number of aliphatic hydroxyl groups is 3. The van der Waals surface area contributed by atoms with Crippen molar-refractivity contribution < 1.29 is 25.2 Å². The zero-order valence-corrected chi connectivity index (χ0v) is 9.15. The minimum absolute atomic E-state index is 0.120. The highest BCUT2D eigenvalue weighted by atomic mass is 16.4. The van der Waals surface area contributed by atoms with Crippen molar-refractivity contribution >= 4 is 11.8 Å². The molecule has 1 heterocycles. The molecule has 4 N–H and O–H groups in total. The molecular formula is C9H15N3O5. The second-order valence-corrected chi connectivity index (χ2v) is 4.05. The molecule has 0 spiro atoms. The zero-order valence-electron chi connectivity index (χ0n) is 9.15. The van der Waals surface area contributed by atoms with Crippen LogP contribution in [0.4, 0.5) is 0 Å². The first-order chi connectivity index (χ1) is 8.08. The summed E-state index contributed by atoms with van der Waals surface area (Å²) >= 11 is 0. The minimum atomic E-state index is -1.09. The van der Waals surface area contributed by atoms with Crippen LogP contribution >= 0.6 is 0 Å². The molecule has 1 unspecified atom stereocenters. The zero-order chi connectivity index (χ0) is 12.9. The number of carboxylic acids is 1. The first-order valence-corrected chi connectivity index (χ1v) is 5.12. The van der Waals surface area contributed by atoms with Crippen LogP contribution in [0.5, 0.6) is 0 Å². The standard InChI is InChI=1S/C9H15N3O5/c13-3-9(4-14,5-15)2-1-6(8(16)17)7-10-12-11-7/h6,13-15H,1-5H2,(H,16,17). The van der Waals surface area contributed by atoms with Crippen LogP contribution in [0.1, 0.15) is 12.8 Å². The molecule has 0 aliphatic carbocycles. The van der Waals surface area contributed by atoms with Crippen molar-refractivity contribution in [2.24, 2.45) is 26.8 Å². The second kappa shape index (κ2) is 5.80. The van der Waals surface area contributed by atoms with Crippen LogP contribution in [0.25, 0.3) is 0 Å². The lowest BCUT2D eigenvalue weighted by Gasteiger charge is -2.28. The van der Waals surface area contributed by atoms with E-state index in [0.29, 0.717) is 0 Å². The molecule has 0 bridgehead atoms. The number of aliphatic carboxylic acids is 1. The van der Waals surface area contributed by atoms with Crippen molar-refractivity contribution in [3.05, 3.63) is 0 Å². The molecule has 0 aromatic carbocycles. The number of nitrogens with zero attached hydrogens (tertiary/aromatic N) is 3. The highest BCUT2D eigenvalue weighted by Gasteiger charge is 2.33. The molecule has 1 aliphatic heterocycles. The van der Waals surface area contributed by atoms with Crippen LogP contribution in [-0.4, -0.2) is 52.1 Å². The Kier molecular flexibility index (Phi) is 4.67. The van der Waals surface area contributed by atoms with Gasteiger partial charge in [0.05, 0.1) is 19.8 Å². The molecule has 0 aromatic heterocycles. The van der Waals surface area contributed by atoms with Gasteiger partial charge in [0.15, 0.2) is 5.84 Å². The maximum atomic E-state index is 10.9. The molecule has 0 saturated carbocycles. The van der Waals surface area contributed by atoms with Crippen LogP contribution in [0.3, 0.4) is 0 Å². The van der Waals surface area contributed by atoms with Gasteiger partial charge in [-0.1, -0.05) is 0 Å². The van der Waals surface area contributed by atoms with Gasteiger partial charge in [0.1, 0.15) is 5.92 Å². The number of hydrogen-bond acceptors (Lipinski definition) is 7. The predicted octanol–water partition coefficient (Wildman–Crippen LogP) is -0.790. The Bertz CT molecular complexity index is 329. The lowest BCUT2D eigenvalue weighted by atomic mass is 9.82. The van der Waals surface area contributed by atoms with Gasteiger partial charge in [-0.15, -0.1) is 10.2 Å². The summed E-state index contributed by atoms with van der Waals surface area (Å²) in [5.74, 6) is -1.89. The molecule has 1 aliphatic rings. The fourth-order valence-electron chi connectivity index (χ4n) is 1.44. The van der Waals surface area contributed by atoms with Crippen molar-refractivity contribution in [3.63, 3.8) is 0 Å². The third kappa shape index (κ3) is 3.05. The highest BCUT2D eigenvalue weighted by Crippen LogP contribution is 2.26. The molecule has 96 valence electrons. The van der Waals surface area contributed by atoms with Crippen molar-refractivity contribution in [3.8, 4) is 0 Å². The van der Waals surface area contributed by atoms with Crippen molar-refractivity contribution in [2.45, 2.75) is 12.8 Å². The number of carbonyl (C=O) groups is 1. The molecule has 0 radical (unpaired) electrons. The Balaban J connectivity index is 2.59. The summed E-state index contributed by atoms with van der Waals surface area (Å²) in [5, 5.41) is 46.4.